The van der Waals surface area contributed by atoms with E-state index in [1.165, 1.54) is 0 Å². The fraction of sp³-hybridized carbons (Fsp3) is 0.818. The highest BCUT2D eigenvalue weighted by Crippen LogP contribution is 2.48. The SMILES string of the molecule is CC(=O)N1CC[C@@]2(CC[C@@H](C(=O)O)C2)C1. The van der Waals surface area contributed by atoms with Gasteiger partial charge in [-0.2, -0.15) is 0 Å². The Hall–Kier alpha value is -1.06. The molecule has 0 unspecified atom stereocenters. The highest BCUT2D eigenvalue weighted by molar-refractivity contribution is 5.74. The molecule has 1 N–H and O–H groups in total. The molecule has 4 heteroatoms. The van der Waals surface area contributed by atoms with Gasteiger partial charge in [0.05, 0.1) is 5.92 Å². The van der Waals surface area contributed by atoms with Gasteiger partial charge in [0.2, 0.25) is 5.91 Å². The van der Waals surface area contributed by atoms with E-state index < -0.39 is 5.97 Å². The number of carboxylic acids is 1. The molecular formula is C11H17NO3. The molecule has 1 spiro atoms. The zero-order valence-electron chi connectivity index (χ0n) is 9.03. The molecule has 1 heterocycles. The Morgan fingerprint density at radius 3 is 2.60 bits per heavy atom. The molecule has 84 valence electrons. The predicted octanol–water partition coefficient (Wildman–Crippen LogP) is 1.11. The number of nitrogens with zero attached hydrogens (tertiary/aromatic N) is 1. The van der Waals surface area contributed by atoms with E-state index in [0.717, 1.165) is 38.8 Å². The van der Waals surface area contributed by atoms with Crippen LogP contribution < -0.4 is 0 Å². The number of carboxylic acid groups (broad SMARTS) is 1. The lowest BCUT2D eigenvalue weighted by molar-refractivity contribution is -0.141. The second kappa shape index (κ2) is 3.51. The molecule has 1 saturated carbocycles. The maximum atomic E-state index is 11.2. The van der Waals surface area contributed by atoms with Crippen molar-refractivity contribution < 1.29 is 14.7 Å². The van der Waals surface area contributed by atoms with Gasteiger partial charge in [0.1, 0.15) is 0 Å². The quantitative estimate of drug-likeness (QED) is 0.706. The Morgan fingerprint density at radius 1 is 1.40 bits per heavy atom. The van der Waals surface area contributed by atoms with Gasteiger partial charge in [0.15, 0.2) is 0 Å². The van der Waals surface area contributed by atoms with Gasteiger partial charge < -0.3 is 10.0 Å². The molecule has 0 bridgehead atoms. The van der Waals surface area contributed by atoms with E-state index in [2.05, 4.69) is 0 Å². The monoisotopic (exact) mass is 211 g/mol. The first-order valence-electron chi connectivity index (χ1n) is 5.51. The molecule has 0 aromatic rings. The Morgan fingerprint density at radius 2 is 2.13 bits per heavy atom. The van der Waals surface area contributed by atoms with Crippen molar-refractivity contribution >= 4 is 11.9 Å². The third-order valence-electron chi connectivity index (χ3n) is 3.94. The van der Waals surface area contributed by atoms with Crippen molar-refractivity contribution in [3.8, 4) is 0 Å². The molecule has 0 aromatic carbocycles. The summed E-state index contributed by atoms with van der Waals surface area (Å²) in [5.41, 5.74) is 0.120. The number of carbonyl (C=O) groups is 2. The van der Waals surface area contributed by atoms with Crippen LogP contribution in [0.25, 0.3) is 0 Å². The summed E-state index contributed by atoms with van der Waals surface area (Å²) in [6.07, 6.45) is 3.48. The van der Waals surface area contributed by atoms with Gasteiger partial charge in [-0.1, -0.05) is 0 Å². The van der Waals surface area contributed by atoms with Crippen molar-refractivity contribution in [2.45, 2.75) is 32.6 Å². The molecule has 2 fully saturated rings. The van der Waals surface area contributed by atoms with Crippen molar-refractivity contribution in [2.75, 3.05) is 13.1 Å². The molecule has 2 atom stereocenters. The highest BCUT2D eigenvalue weighted by Gasteiger charge is 2.46. The summed E-state index contributed by atoms with van der Waals surface area (Å²) >= 11 is 0. The van der Waals surface area contributed by atoms with Gasteiger partial charge >= 0.3 is 5.97 Å². The molecule has 0 aromatic heterocycles. The zero-order chi connectivity index (χ0) is 11.1. The van der Waals surface area contributed by atoms with Crippen LogP contribution in [0.4, 0.5) is 0 Å². The molecule has 4 nitrogen and oxygen atoms in total. The summed E-state index contributed by atoms with van der Waals surface area (Å²) < 4.78 is 0. The summed E-state index contributed by atoms with van der Waals surface area (Å²) in [6, 6.07) is 0. The summed E-state index contributed by atoms with van der Waals surface area (Å²) in [6.45, 7) is 3.16. The normalized spacial score (nSPS) is 35.0. The van der Waals surface area contributed by atoms with Crippen LogP contribution in [0.3, 0.4) is 0 Å². The molecule has 15 heavy (non-hydrogen) atoms. The van der Waals surface area contributed by atoms with Crippen molar-refractivity contribution in [2.24, 2.45) is 11.3 Å². The molecule has 2 rings (SSSR count). The average molecular weight is 211 g/mol. The smallest absolute Gasteiger partial charge is 0.306 e. The van der Waals surface area contributed by atoms with Gasteiger partial charge in [-0.15, -0.1) is 0 Å². The van der Waals surface area contributed by atoms with E-state index in [1.807, 2.05) is 4.90 Å². The van der Waals surface area contributed by atoms with Crippen molar-refractivity contribution in [3.63, 3.8) is 0 Å². The first-order valence-corrected chi connectivity index (χ1v) is 5.51. The number of amides is 1. The lowest BCUT2D eigenvalue weighted by Gasteiger charge is -2.23. The minimum atomic E-state index is -0.673. The fourth-order valence-electron chi connectivity index (χ4n) is 2.99. The van der Waals surface area contributed by atoms with Crippen LogP contribution in [0, 0.1) is 11.3 Å². The average Bonchev–Trinajstić information content (AvgIpc) is 2.74. The summed E-state index contributed by atoms with van der Waals surface area (Å²) in [4.78, 5) is 23.9. The zero-order valence-corrected chi connectivity index (χ0v) is 9.03. The van der Waals surface area contributed by atoms with E-state index in [0.29, 0.717) is 0 Å². The van der Waals surface area contributed by atoms with Gasteiger partial charge in [0.25, 0.3) is 0 Å². The fourth-order valence-corrected chi connectivity index (χ4v) is 2.99. The van der Waals surface area contributed by atoms with Crippen LogP contribution >= 0.6 is 0 Å². The lowest BCUT2D eigenvalue weighted by atomic mass is 9.84. The van der Waals surface area contributed by atoms with E-state index in [1.54, 1.807) is 6.92 Å². The second-order valence-corrected chi connectivity index (χ2v) is 4.97. The highest BCUT2D eigenvalue weighted by atomic mass is 16.4. The van der Waals surface area contributed by atoms with E-state index in [4.69, 9.17) is 5.11 Å². The maximum Gasteiger partial charge on any atom is 0.306 e. The molecule has 1 aliphatic heterocycles. The van der Waals surface area contributed by atoms with Crippen molar-refractivity contribution in [1.29, 1.82) is 0 Å². The molecule has 1 amide bonds. The van der Waals surface area contributed by atoms with E-state index in [9.17, 15) is 9.59 Å². The molecule has 2 aliphatic rings. The molecule has 1 aliphatic carbocycles. The number of likely N-dealkylation sites (tertiary alicyclic amines) is 1. The predicted molar refractivity (Wildman–Crippen MR) is 54.3 cm³/mol. The maximum absolute atomic E-state index is 11.2. The van der Waals surface area contributed by atoms with Crippen LogP contribution in [0.5, 0.6) is 0 Å². The Balaban J connectivity index is 2.00. The molecule has 1 saturated heterocycles. The Kier molecular flexibility index (Phi) is 2.44. The Labute approximate surface area is 89.3 Å². The third kappa shape index (κ3) is 1.85. The number of hydrogen-bond acceptors (Lipinski definition) is 2. The number of carbonyl (C=O) groups excluding carboxylic acids is 1. The summed E-state index contributed by atoms with van der Waals surface area (Å²) in [5.74, 6) is -0.740. The number of rotatable bonds is 1. The van der Waals surface area contributed by atoms with Crippen molar-refractivity contribution in [3.05, 3.63) is 0 Å². The van der Waals surface area contributed by atoms with Crippen LogP contribution in [-0.4, -0.2) is 35.0 Å². The van der Waals surface area contributed by atoms with Gasteiger partial charge in [-0.25, -0.2) is 0 Å². The summed E-state index contributed by atoms with van der Waals surface area (Å²) in [7, 11) is 0. The largest absolute Gasteiger partial charge is 0.481 e. The Bertz CT molecular complexity index is 270. The minimum absolute atomic E-state index is 0.116. The van der Waals surface area contributed by atoms with Crippen molar-refractivity contribution in [1.82, 2.24) is 4.90 Å². The van der Waals surface area contributed by atoms with Crippen LogP contribution in [0.15, 0.2) is 0 Å². The third-order valence-corrected chi connectivity index (χ3v) is 3.94. The minimum Gasteiger partial charge on any atom is -0.481 e. The van der Waals surface area contributed by atoms with Crippen LogP contribution in [0.2, 0.25) is 0 Å². The first-order chi connectivity index (χ1) is 7.02. The number of aliphatic carboxylic acids is 1. The first kappa shape index (κ1) is 10.5. The molecular weight excluding hydrogens is 194 g/mol. The standard InChI is InChI=1S/C11H17NO3/c1-8(13)12-5-4-11(7-12)3-2-9(6-11)10(14)15/h9H,2-7H2,1H3,(H,14,15)/t9-,11-/m1/s1. The second-order valence-electron chi connectivity index (χ2n) is 4.97. The van der Waals surface area contributed by atoms with E-state index in [-0.39, 0.29) is 17.2 Å². The van der Waals surface area contributed by atoms with E-state index >= 15 is 0 Å². The topological polar surface area (TPSA) is 57.6 Å². The van der Waals surface area contributed by atoms with Gasteiger partial charge in [-0.05, 0) is 31.1 Å². The molecule has 0 radical (unpaired) electrons. The van der Waals surface area contributed by atoms with Crippen LogP contribution in [0.1, 0.15) is 32.6 Å². The van der Waals surface area contributed by atoms with Crippen LogP contribution in [-0.2, 0) is 9.59 Å². The van der Waals surface area contributed by atoms with Gasteiger partial charge in [0, 0.05) is 20.0 Å². The summed E-state index contributed by atoms with van der Waals surface area (Å²) in [5, 5.41) is 8.95. The number of hydrogen-bond donors (Lipinski definition) is 1. The van der Waals surface area contributed by atoms with Gasteiger partial charge in [-0.3, -0.25) is 9.59 Å². The lowest BCUT2D eigenvalue weighted by Crippen LogP contribution is -2.29.